The third-order valence-electron chi connectivity index (χ3n) is 3.67. The predicted molar refractivity (Wildman–Crippen MR) is 100.0 cm³/mol. The molecule has 0 N–H and O–H groups in total. The van der Waals surface area contributed by atoms with E-state index in [0.29, 0.717) is 34.8 Å². The van der Waals surface area contributed by atoms with E-state index in [9.17, 15) is 0 Å². The molecule has 0 spiro atoms. The Morgan fingerprint density at radius 3 is 2.62 bits per heavy atom. The molecule has 0 aliphatic heterocycles. The molecule has 26 heavy (non-hydrogen) atoms. The van der Waals surface area contributed by atoms with Crippen LogP contribution in [0.25, 0.3) is 4.96 Å². The van der Waals surface area contributed by atoms with Crippen molar-refractivity contribution in [2.75, 3.05) is 0 Å². The number of ether oxygens (including phenoxy) is 2. The maximum absolute atomic E-state index is 6.10. The van der Waals surface area contributed by atoms with Crippen LogP contribution in [0.3, 0.4) is 0 Å². The number of rotatable bonds is 6. The molecule has 0 fully saturated rings. The fourth-order valence-corrected chi connectivity index (χ4v) is 3.28. The predicted octanol–water partition coefficient (Wildman–Crippen LogP) is 4.31. The Morgan fingerprint density at radius 1 is 1.00 bits per heavy atom. The van der Waals surface area contributed by atoms with Gasteiger partial charge in [0.25, 0.3) is 0 Å². The van der Waals surface area contributed by atoms with Crippen LogP contribution in [0.15, 0.2) is 48.5 Å². The van der Waals surface area contributed by atoms with E-state index in [-0.39, 0.29) is 0 Å². The minimum Gasteiger partial charge on any atom is -0.486 e. The van der Waals surface area contributed by atoms with Crippen molar-refractivity contribution in [3.8, 4) is 11.5 Å². The van der Waals surface area contributed by atoms with Gasteiger partial charge in [-0.15, -0.1) is 10.2 Å². The van der Waals surface area contributed by atoms with Gasteiger partial charge < -0.3 is 9.47 Å². The summed E-state index contributed by atoms with van der Waals surface area (Å²) >= 11 is 7.52. The van der Waals surface area contributed by atoms with Gasteiger partial charge in [0.05, 0.1) is 5.02 Å². The minimum absolute atomic E-state index is 0.290. The molecule has 0 saturated carbocycles. The first kappa shape index (κ1) is 16.8. The summed E-state index contributed by atoms with van der Waals surface area (Å²) in [5.41, 5.74) is 1.19. The van der Waals surface area contributed by atoms with Gasteiger partial charge in [0, 0.05) is 0 Å². The zero-order valence-corrected chi connectivity index (χ0v) is 15.5. The molecule has 4 aromatic rings. The summed E-state index contributed by atoms with van der Waals surface area (Å²) in [5, 5.41) is 14.1. The molecule has 2 aromatic heterocycles. The van der Waals surface area contributed by atoms with Crippen molar-refractivity contribution >= 4 is 27.9 Å². The fraction of sp³-hybridized carbons (Fsp3) is 0.167. The summed E-state index contributed by atoms with van der Waals surface area (Å²) in [6.07, 6.45) is 0. The summed E-state index contributed by atoms with van der Waals surface area (Å²) in [6.45, 7) is 2.64. The van der Waals surface area contributed by atoms with E-state index in [1.165, 1.54) is 16.9 Å². The Hall–Kier alpha value is -2.64. The minimum atomic E-state index is 0.290. The first-order valence-electron chi connectivity index (χ1n) is 7.96. The van der Waals surface area contributed by atoms with Gasteiger partial charge in [-0.25, -0.2) is 0 Å². The standard InChI is InChI=1S/C18H15ClN4O2S/c1-12-6-8-13(9-7-12)24-10-16-20-21-18-23(16)22-17(26-18)11-25-15-5-3-2-4-14(15)19/h2-9H,10-11H2,1H3. The number of para-hydroxylation sites is 1. The quantitative estimate of drug-likeness (QED) is 0.494. The molecule has 0 radical (unpaired) electrons. The van der Waals surface area contributed by atoms with Crippen LogP contribution >= 0.6 is 22.9 Å². The summed E-state index contributed by atoms with van der Waals surface area (Å²) in [4.78, 5) is 0.699. The Balaban J connectivity index is 1.44. The third kappa shape index (κ3) is 3.63. The van der Waals surface area contributed by atoms with E-state index >= 15 is 0 Å². The zero-order chi connectivity index (χ0) is 17.9. The summed E-state index contributed by atoms with van der Waals surface area (Å²) in [5.74, 6) is 2.05. The van der Waals surface area contributed by atoms with Gasteiger partial charge in [0.15, 0.2) is 10.8 Å². The monoisotopic (exact) mass is 386 g/mol. The van der Waals surface area contributed by atoms with Gasteiger partial charge in [-0.2, -0.15) is 9.61 Å². The second-order valence-electron chi connectivity index (χ2n) is 5.63. The lowest BCUT2D eigenvalue weighted by molar-refractivity contribution is 0.290. The molecule has 132 valence electrons. The highest BCUT2D eigenvalue weighted by Crippen LogP contribution is 2.25. The van der Waals surface area contributed by atoms with Gasteiger partial charge >= 0.3 is 0 Å². The van der Waals surface area contributed by atoms with Crippen LogP contribution in [0, 0.1) is 6.92 Å². The second-order valence-corrected chi connectivity index (χ2v) is 7.07. The van der Waals surface area contributed by atoms with Crippen molar-refractivity contribution in [2.24, 2.45) is 0 Å². The smallest absolute Gasteiger partial charge is 0.234 e. The molecule has 0 amide bonds. The number of aromatic nitrogens is 4. The highest BCUT2D eigenvalue weighted by molar-refractivity contribution is 7.16. The highest BCUT2D eigenvalue weighted by atomic mass is 35.5. The zero-order valence-electron chi connectivity index (χ0n) is 13.9. The Kier molecular flexibility index (Phi) is 4.73. The molecule has 0 aliphatic carbocycles. The van der Waals surface area contributed by atoms with Gasteiger partial charge in [0.1, 0.15) is 24.7 Å². The Labute approximate surface area is 159 Å². The van der Waals surface area contributed by atoms with E-state index < -0.39 is 0 Å². The highest BCUT2D eigenvalue weighted by Gasteiger charge is 2.13. The Bertz CT molecular complexity index is 1030. The number of hydrogen-bond donors (Lipinski definition) is 0. The van der Waals surface area contributed by atoms with Crippen LogP contribution in [-0.2, 0) is 13.2 Å². The van der Waals surface area contributed by atoms with Crippen molar-refractivity contribution < 1.29 is 9.47 Å². The first-order chi connectivity index (χ1) is 12.7. The molecular formula is C18H15ClN4O2S. The lowest BCUT2D eigenvalue weighted by Gasteiger charge is -2.05. The molecule has 0 atom stereocenters. The fourth-order valence-electron chi connectivity index (χ4n) is 2.33. The largest absolute Gasteiger partial charge is 0.486 e. The second kappa shape index (κ2) is 7.31. The van der Waals surface area contributed by atoms with Crippen molar-refractivity contribution in [1.82, 2.24) is 19.8 Å². The summed E-state index contributed by atoms with van der Waals surface area (Å²) < 4.78 is 13.2. The number of benzene rings is 2. The van der Waals surface area contributed by atoms with Crippen LogP contribution in [0.5, 0.6) is 11.5 Å². The molecule has 2 aromatic carbocycles. The van der Waals surface area contributed by atoms with E-state index in [0.717, 1.165) is 10.8 Å². The van der Waals surface area contributed by atoms with Crippen molar-refractivity contribution in [1.29, 1.82) is 0 Å². The van der Waals surface area contributed by atoms with Crippen molar-refractivity contribution in [2.45, 2.75) is 20.1 Å². The van der Waals surface area contributed by atoms with Crippen molar-refractivity contribution in [3.63, 3.8) is 0 Å². The topological polar surface area (TPSA) is 61.5 Å². The van der Waals surface area contributed by atoms with Crippen LogP contribution in [0.2, 0.25) is 5.02 Å². The van der Waals surface area contributed by atoms with Crippen LogP contribution in [0.1, 0.15) is 16.4 Å². The molecule has 0 bridgehead atoms. The maximum atomic E-state index is 6.10. The molecule has 2 heterocycles. The summed E-state index contributed by atoms with van der Waals surface area (Å²) in [6, 6.07) is 15.2. The lowest BCUT2D eigenvalue weighted by Crippen LogP contribution is -2.03. The molecule has 0 unspecified atom stereocenters. The number of halogens is 1. The molecule has 4 rings (SSSR count). The molecule has 8 heteroatoms. The van der Waals surface area contributed by atoms with E-state index in [2.05, 4.69) is 15.3 Å². The van der Waals surface area contributed by atoms with Crippen LogP contribution in [-0.4, -0.2) is 19.8 Å². The number of fused-ring (bicyclic) bond motifs is 1. The molecule has 0 saturated heterocycles. The van der Waals surface area contributed by atoms with E-state index in [4.69, 9.17) is 21.1 Å². The number of nitrogens with zero attached hydrogens (tertiary/aromatic N) is 4. The maximum Gasteiger partial charge on any atom is 0.234 e. The van der Waals surface area contributed by atoms with E-state index in [1.807, 2.05) is 49.4 Å². The average Bonchev–Trinajstić information content (AvgIpc) is 3.21. The SMILES string of the molecule is Cc1ccc(OCc2nnc3sc(COc4ccccc4Cl)nn23)cc1. The first-order valence-corrected chi connectivity index (χ1v) is 9.15. The Morgan fingerprint density at radius 2 is 1.81 bits per heavy atom. The van der Waals surface area contributed by atoms with Gasteiger partial charge in [-0.05, 0) is 31.2 Å². The third-order valence-corrected chi connectivity index (χ3v) is 4.86. The molecular weight excluding hydrogens is 372 g/mol. The van der Waals surface area contributed by atoms with Gasteiger partial charge in [0.2, 0.25) is 4.96 Å². The van der Waals surface area contributed by atoms with E-state index in [1.54, 1.807) is 10.6 Å². The normalized spacial score (nSPS) is 11.0. The van der Waals surface area contributed by atoms with Crippen LogP contribution in [0.4, 0.5) is 0 Å². The summed E-state index contributed by atoms with van der Waals surface area (Å²) in [7, 11) is 0. The number of hydrogen-bond acceptors (Lipinski definition) is 6. The van der Waals surface area contributed by atoms with Crippen LogP contribution < -0.4 is 9.47 Å². The molecule has 0 aliphatic rings. The molecule has 6 nitrogen and oxygen atoms in total. The van der Waals surface area contributed by atoms with Gasteiger partial charge in [-0.1, -0.05) is 52.8 Å². The lowest BCUT2D eigenvalue weighted by atomic mass is 10.2. The van der Waals surface area contributed by atoms with Crippen molar-refractivity contribution in [3.05, 3.63) is 69.9 Å². The van der Waals surface area contributed by atoms with Gasteiger partial charge in [-0.3, -0.25) is 0 Å². The number of aryl methyl sites for hydroxylation is 1. The average molecular weight is 387 g/mol.